The second-order valence-corrected chi connectivity index (χ2v) is 4.83. The van der Waals surface area contributed by atoms with Gasteiger partial charge in [0.15, 0.2) is 0 Å². The van der Waals surface area contributed by atoms with E-state index in [2.05, 4.69) is 12.1 Å². The van der Waals surface area contributed by atoms with Crippen LogP contribution in [0.25, 0.3) is 11.1 Å². The van der Waals surface area contributed by atoms with Gasteiger partial charge in [-0.05, 0) is 29.5 Å². The molecule has 0 bridgehead atoms. The van der Waals surface area contributed by atoms with Crippen molar-refractivity contribution in [3.05, 3.63) is 60.2 Å². The molecule has 0 spiro atoms. The standard InChI is InChI=1S/C17H18O3/c18-16(12-17(19)20)11-8-13-6-9-15(10-7-13)14-4-2-1-3-5-14/h1-7,9-10,16,18H,8,11-12H2,(H,19,20)/p-1/t16-/m0/s1. The predicted octanol–water partition coefficient (Wildman–Crippen LogP) is 1.79. The second kappa shape index (κ2) is 6.87. The van der Waals surface area contributed by atoms with Crippen molar-refractivity contribution < 1.29 is 15.0 Å². The SMILES string of the molecule is O=C([O-])C[C@@H](O)CCc1ccc(-c2ccccc2)cc1. The van der Waals surface area contributed by atoms with Crippen molar-refractivity contribution in [2.45, 2.75) is 25.4 Å². The molecule has 0 heterocycles. The van der Waals surface area contributed by atoms with Crippen LogP contribution >= 0.6 is 0 Å². The van der Waals surface area contributed by atoms with Gasteiger partial charge in [0.2, 0.25) is 0 Å². The molecule has 1 atom stereocenters. The van der Waals surface area contributed by atoms with E-state index >= 15 is 0 Å². The van der Waals surface area contributed by atoms with E-state index in [0.717, 1.165) is 16.7 Å². The molecule has 3 heteroatoms. The van der Waals surface area contributed by atoms with Crippen LogP contribution in [-0.2, 0) is 11.2 Å². The van der Waals surface area contributed by atoms with Crippen molar-refractivity contribution in [1.29, 1.82) is 0 Å². The molecule has 0 aromatic heterocycles. The number of carbonyl (C=O) groups is 1. The van der Waals surface area contributed by atoms with Gasteiger partial charge in [-0.1, -0.05) is 54.6 Å². The minimum absolute atomic E-state index is 0.303. The number of carboxylic acids is 1. The van der Waals surface area contributed by atoms with E-state index < -0.39 is 12.1 Å². The number of aliphatic hydroxyl groups excluding tert-OH is 1. The molecule has 104 valence electrons. The summed E-state index contributed by atoms with van der Waals surface area (Å²) in [7, 11) is 0. The summed E-state index contributed by atoms with van der Waals surface area (Å²) in [6.07, 6.45) is -0.0571. The fourth-order valence-corrected chi connectivity index (χ4v) is 2.12. The molecule has 0 saturated carbocycles. The van der Waals surface area contributed by atoms with Gasteiger partial charge in [-0.15, -0.1) is 0 Å². The number of rotatable bonds is 6. The summed E-state index contributed by atoms with van der Waals surface area (Å²) in [5.74, 6) is -1.21. The quantitative estimate of drug-likeness (QED) is 0.869. The summed E-state index contributed by atoms with van der Waals surface area (Å²) < 4.78 is 0. The highest BCUT2D eigenvalue weighted by atomic mass is 16.4. The first-order valence-corrected chi connectivity index (χ1v) is 6.67. The van der Waals surface area contributed by atoms with E-state index in [1.807, 2.05) is 42.5 Å². The summed E-state index contributed by atoms with van der Waals surface area (Å²) in [5.41, 5.74) is 3.39. The summed E-state index contributed by atoms with van der Waals surface area (Å²) in [5, 5.41) is 19.8. The van der Waals surface area contributed by atoms with E-state index in [1.165, 1.54) is 0 Å². The summed E-state index contributed by atoms with van der Waals surface area (Å²) >= 11 is 0. The molecule has 3 nitrogen and oxygen atoms in total. The largest absolute Gasteiger partial charge is 0.550 e. The van der Waals surface area contributed by atoms with Crippen LogP contribution in [0.15, 0.2) is 54.6 Å². The average Bonchev–Trinajstić information content (AvgIpc) is 2.46. The average molecular weight is 269 g/mol. The molecule has 0 aliphatic rings. The number of aliphatic hydroxyl groups is 1. The lowest BCUT2D eigenvalue weighted by atomic mass is 10.0. The molecule has 2 aromatic carbocycles. The van der Waals surface area contributed by atoms with Crippen molar-refractivity contribution in [2.24, 2.45) is 0 Å². The van der Waals surface area contributed by atoms with Crippen LogP contribution < -0.4 is 5.11 Å². The van der Waals surface area contributed by atoms with Crippen LogP contribution in [0.5, 0.6) is 0 Å². The fourth-order valence-electron chi connectivity index (χ4n) is 2.12. The molecule has 0 saturated heterocycles. The highest BCUT2D eigenvalue weighted by Crippen LogP contribution is 2.20. The van der Waals surface area contributed by atoms with E-state index in [1.54, 1.807) is 0 Å². The Morgan fingerprint density at radius 1 is 1.00 bits per heavy atom. The van der Waals surface area contributed by atoms with E-state index in [9.17, 15) is 15.0 Å². The van der Waals surface area contributed by atoms with Crippen LogP contribution in [0.4, 0.5) is 0 Å². The maximum atomic E-state index is 10.4. The van der Waals surface area contributed by atoms with Crippen LogP contribution in [-0.4, -0.2) is 17.2 Å². The predicted molar refractivity (Wildman–Crippen MR) is 75.8 cm³/mol. The fraction of sp³-hybridized carbons (Fsp3) is 0.235. The van der Waals surface area contributed by atoms with Gasteiger partial charge in [0, 0.05) is 12.4 Å². The topological polar surface area (TPSA) is 60.4 Å². The first kappa shape index (κ1) is 14.3. The summed E-state index contributed by atoms with van der Waals surface area (Å²) in [4.78, 5) is 10.4. The third-order valence-corrected chi connectivity index (χ3v) is 3.23. The molecule has 0 aliphatic carbocycles. The Balaban J connectivity index is 1.94. The normalized spacial score (nSPS) is 12.1. The molecule has 2 rings (SSSR count). The molecule has 20 heavy (non-hydrogen) atoms. The molecule has 0 radical (unpaired) electrons. The molecular formula is C17H17O3-. The van der Waals surface area contributed by atoms with Crippen molar-refractivity contribution in [3.63, 3.8) is 0 Å². The van der Waals surface area contributed by atoms with Crippen LogP contribution in [0.3, 0.4) is 0 Å². The number of benzene rings is 2. The van der Waals surface area contributed by atoms with Crippen molar-refractivity contribution in [1.82, 2.24) is 0 Å². The first-order chi connectivity index (χ1) is 9.65. The minimum atomic E-state index is -1.21. The zero-order chi connectivity index (χ0) is 14.4. The maximum absolute atomic E-state index is 10.4. The monoisotopic (exact) mass is 269 g/mol. The van der Waals surface area contributed by atoms with Gasteiger partial charge >= 0.3 is 0 Å². The molecule has 1 N–H and O–H groups in total. The lowest BCUT2D eigenvalue weighted by Crippen LogP contribution is -2.27. The van der Waals surface area contributed by atoms with Gasteiger partial charge in [-0.25, -0.2) is 0 Å². The first-order valence-electron chi connectivity index (χ1n) is 6.67. The van der Waals surface area contributed by atoms with Gasteiger partial charge in [0.25, 0.3) is 0 Å². The lowest BCUT2D eigenvalue weighted by molar-refractivity contribution is -0.307. The van der Waals surface area contributed by atoms with Gasteiger partial charge < -0.3 is 15.0 Å². The number of aliphatic carboxylic acids is 1. The molecule has 2 aromatic rings. The zero-order valence-corrected chi connectivity index (χ0v) is 11.2. The summed E-state index contributed by atoms with van der Waals surface area (Å²) in [6, 6.07) is 18.2. The number of carboxylic acid groups (broad SMARTS) is 1. The van der Waals surface area contributed by atoms with E-state index in [4.69, 9.17) is 0 Å². The zero-order valence-electron chi connectivity index (χ0n) is 11.2. The maximum Gasteiger partial charge on any atom is 0.0595 e. The van der Waals surface area contributed by atoms with Crippen molar-refractivity contribution in [3.8, 4) is 11.1 Å². The number of aryl methyl sites for hydroxylation is 1. The number of carbonyl (C=O) groups excluding carboxylic acids is 1. The highest BCUT2D eigenvalue weighted by molar-refractivity contribution is 5.65. The molecule has 0 aliphatic heterocycles. The smallest absolute Gasteiger partial charge is 0.0595 e. The highest BCUT2D eigenvalue weighted by Gasteiger charge is 2.05. The third kappa shape index (κ3) is 4.21. The molecule has 0 fully saturated rings. The second-order valence-electron chi connectivity index (χ2n) is 4.83. The van der Waals surface area contributed by atoms with Gasteiger partial charge in [0.05, 0.1) is 6.10 Å². The Morgan fingerprint density at radius 2 is 1.60 bits per heavy atom. The Bertz CT molecular complexity index is 546. The van der Waals surface area contributed by atoms with E-state index in [-0.39, 0.29) is 6.42 Å². The third-order valence-electron chi connectivity index (χ3n) is 3.23. The van der Waals surface area contributed by atoms with Gasteiger partial charge in [-0.2, -0.15) is 0 Å². The van der Waals surface area contributed by atoms with Crippen molar-refractivity contribution >= 4 is 5.97 Å². The Hall–Kier alpha value is -2.13. The van der Waals surface area contributed by atoms with Gasteiger partial charge in [-0.3, -0.25) is 0 Å². The molecule has 0 unspecified atom stereocenters. The van der Waals surface area contributed by atoms with Crippen molar-refractivity contribution in [2.75, 3.05) is 0 Å². The van der Waals surface area contributed by atoms with Gasteiger partial charge in [0.1, 0.15) is 0 Å². The van der Waals surface area contributed by atoms with Crippen LogP contribution in [0.1, 0.15) is 18.4 Å². The molecular weight excluding hydrogens is 252 g/mol. The van der Waals surface area contributed by atoms with E-state index in [0.29, 0.717) is 12.8 Å². The number of hydrogen-bond donors (Lipinski definition) is 1. The Labute approximate surface area is 118 Å². The lowest BCUT2D eigenvalue weighted by Gasteiger charge is -2.11. The van der Waals surface area contributed by atoms with Crippen LogP contribution in [0, 0.1) is 0 Å². The summed E-state index contributed by atoms with van der Waals surface area (Å²) in [6.45, 7) is 0. The Kier molecular flexibility index (Phi) is 4.91. The Morgan fingerprint density at radius 3 is 2.20 bits per heavy atom. The number of hydrogen-bond acceptors (Lipinski definition) is 3. The molecule has 0 amide bonds. The van der Waals surface area contributed by atoms with Crippen LogP contribution in [0.2, 0.25) is 0 Å². The minimum Gasteiger partial charge on any atom is -0.550 e.